The predicted octanol–water partition coefficient (Wildman–Crippen LogP) is 2.50. The van der Waals surface area contributed by atoms with Crippen LogP contribution in [0.1, 0.15) is 0 Å². The highest BCUT2D eigenvalue weighted by Gasteiger charge is 2.02. The van der Waals surface area contributed by atoms with Gasteiger partial charge in [0.2, 0.25) is 0 Å². The second-order valence-corrected chi connectivity index (χ2v) is 2.99. The zero-order chi connectivity index (χ0) is 8.39. The van der Waals surface area contributed by atoms with Crippen LogP contribution in [0.2, 0.25) is 0 Å². The second kappa shape index (κ2) is 3.06. The van der Waals surface area contributed by atoms with Crippen LogP contribution in [0.25, 0.3) is 11.5 Å². The van der Waals surface area contributed by atoms with Crippen molar-refractivity contribution in [1.29, 1.82) is 0 Å². The summed E-state index contributed by atoms with van der Waals surface area (Å²) in [6.07, 6.45) is 1.63. The van der Waals surface area contributed by atoms with Gasteiger partial charge in [0.05, 0.1) is 0 Å². The highest BCUT2D eigenvalue weighted by atomic mass is 79.9. The molecule has 4 heteroatoms. The van der Waals surface area contributed by atoms with Gasteiger partial charge in [-0.05, 0) is 40.2 Å². The van der Waals surface area contributed by atoms with Crippen LogP contribution in [0.5, 0.6) is 0 Å². The van der Waals surface area contributed by atoms with Crippen molar-refractivity contribution in [2.75, 3.05) is 0 Å². The number of rotatable bonds is 1. The summed E-state index contributed by atoms with van der Waals surface area (Å²) >= 11 is 3.21. The zero-order valence-electron chi connectivity index (χ0n) is 6.07. The third-order valence-corrected chi connectivity index (χ3v) is 1.82. The molecule has 2 aromatic heterocycles. The Labute approximate surface area is 77.6 Å². The van der Waals surface area contributed by atoms with Crippen LogP contribution in [0.15, 0.2) is 39.5 Å². The molecule has 0 saturated heterocycles. The molecule has 0 saturated carbocycles. The molecule has 0 bridgehead atoms. The Morgan fingerprint density at radius 1 is 1.25 bits per heavy atom. The molecule has 0 spiro atoms. The Balaban J connectivity index is 2.45. The first-order valence-corrected chi connectivity index (χ1v) is 4.19. The maximum atomic E-state index is 5.28. The second-order valence-electron chi connectivity index (χ2n) is 2.21. The standard InChI is InChI=1S/C8H5BrN2O/c9-8-4-3-7(12-8)6-2-1-5-10-11-6/h1-5H. The number of halogens is 1. The average Bonchev–Trinajstić information content (AvgIpc) is 2.54. The van der Waals surface area contributed by atoms with E-state index in [1.807, 2.05) is 24.3 Å². The van der Waals surface area contributed by atoms with Gasteiger partial charge in [-0.15, -0.1) is 5.10 Å². The lowest BCUT2D eigenvalue weighted by Gasteiger charge is -1.91. The lowest BCUT2D eigenvalue weighted by Crippen LogP contribution is -1.82. The maximum absolute atomic E-state index is 5.28. The average molecular weight is 225 g/mol. The van der Waals surface area contributed by atoms with Crippen LogP contribution in [-0.4, -0.2) is 10.2 Å². The fourth-order valence-electron chi connectivity index (χ4n) is 0.885. The molecule has 0 aliphatic heterocycles. The Morgan fingerprint density at radius 2 is 2.17 bits per heavy atom. The molecule has 0 unspecified atom stereocenters. The molecule has 0 atom stereocenters. The molecule has 2 rings (SSSR count). The summed E-state index contributed by atoms with van der Waals surface area (Å²) in [6.45, 7) is 0. The minimum Gasteiger partial charge on any atom is -0.448 e. The first-order valence-electron chi connectivity index (χ1n) is 3.40. The van der Waals surface area contributed by atoms with Crippen LogP contribution in [0, 0.1) is 0 Å². The molecule has 0 fully saturated rings. The highest BCUT2D eigenvalue weighted by molar-refractivity contribution is 9.10. The van der Waals surface area contributed by atoms with Gasteiger partial charge >= 0.3 is 0 Å². The van der Waals surface area contributed by atoms with Crippen molar-refractivity contribution in [3.8, 4) is 11.5 Å². The maximum Gasteiger partial charge on any atom is 0.169 e. The minimum atomic E-state index is 0.697. The third kappa shape index (κ3) is 1.38. The van der Waals surface area contributed by atoms with Crippen LogP contribution in [-0.2, 0) is 0 Å². The smallest absolute Gasteiger partial charge is 0.169 e. The Bertz CT molecular complexity index is 372. The van der Waals surface area contributed by atoms with E-state index in [1.54, 1.807) is 6.20 Å². The van der Waals surface area contributed by atoms with E-state index in [4.69, 9.17) is 4.42 Å². The molecular formula is C8H5BrN2O. The van der Waals surface area contributed by atoms with Crippen molar-refractivity contribution in [3.63, 3.8) is 0 Å². The Morgan fingerprint density at radius 3 is 2.75 bits per heavy atom. The third-order valence-electron chi connectivity index (χ3n) is 1.40. The lowest BCUT2D eigenvalue weighted by molar-refractivity contribution is 0.552. The Kier molecular flexibility index (Phi) is 1.91. The lowest BCUT2D eigenvalue weighted by atomic mass is 10.3. The van der Waals surface area contributed by atoms with Gasteiger partial charge in [0, 0.05) is 6.20 Å². The van der Waals surface area contributed by atoms with Gasteiger partial charge in [0.1, 0.15) is 5.69 Å². The normalized spacial score (nSPS) is 10.1. The van der Waals surface area contributed by atoms with Gasteiger partial charge in [-0.1, -0.05) is 0 Å². The predicted molar refractivity (Wildman–Crippen MR) is 47.4 cm³/mol. The van der Waals surface area contributed by atoms with Crippen molar-refractivity contribution in [3.05, 3.63) is 35.1 Å². The van der Waals surface area contributed by atoms with E-state index in [0.717, 1.165) is 11.5 Å². The molecule has 0 aromatic carbocycles. The SMILES string of the molecule is Brc1ccc(-c2cccnn2)o1. The summed E-state index contributed by atoms with van der Waals surface area (Å²) in [5.41, 5.74) is 0.739. The van der Waals surface area contributed by atoms with E-state index in [2.05, 4.69) is 26.1 Å². The molecular weight excluding hydrogens is 220 g/mol. The van der Waals surface area contributed by atoms with E-state index >= 15 is 0 Å². The van der Waals surface area contributed by atoms with Crippen molar-refractivity contribution >= 4 is 15.9 Å². The van der Waals surface area contributed by atoms with E-state index in [1.165, 1.54) is 0 Å². The highest BCUT2D eigenvalue weighted by Crippen LogP contribution is 2.22. The van der Waals surface area contributed by atoms with Crippen LogP contribution >= 0.6 is 15.9 Å². The largest absolute Gasteiger partial charge is 0.448 e. The zero-order valence-corrected chi connectivity index (χ0v) is 7.65. The van der Waals surface area contributed by atoms with Gasteiger partial charge in [0.25, 0.3) is 0 Å². The van der Waals surface area contributed by atoms with E-state index in [0.29, 0.717) is 4.67 Å². The number of nitrogens with zero attached hydrogens (tertiary/aromatic N) is 2. The molecule has 0 aliphatic carbocycles. The summed E-state index contributed by atoms with van der Waals surface area (Å²) in [6, 6.07) is 7.33. The van der Waals surface area contributed by atoms with Crippen molar-refractivity contribution in [2.45, 2.75) is 0 Å². The van der Waals surface area contributed by atoms with Gasteiger partial charge in [-0.3, -0.25) is 0 Å². The Hall–Kier alpha value is -1.16. The quantitative estimate of drug-likeness (QED) is 0.748. The summed E-state index contributed by atoms with van der Waals surface area (Å²) in [5.74, 6) is 0.718. The molecule has 0 aliphatic rings. The molecule has 2 heterocycles. The molecule has 60 valence electrons. The topological polar surface area (TPSA) is 38.9 Å². The molecule has 3 nitrogen and oxygen atoms in total. The van der Waals surface area contributed by atoms with E-state index < -0.39 is 0 Å². The fraction of sp³-hybridized carbons (Fsp3) is 0. The first kappa shape index (κ1) is 7.49. The fourth-order valence-corrected chi connectivity index (χ4v) is 1.19. The number of hydrogen-bond donors (Lipinski definition) is 0. The van der Waals surface area contributed by atoms with Crippen molar-refractivity contribution in [1.82, 2.24) is 10.2 Å². The van der Waals surface area contributed by atoms with Crippen molar-refractivity contribution < 1.29 is 4.42 Å². The summed E-state index contributed by atoms with van der Waals surface area (Å²) in [5, 5.41) is 7.64. The van der Waals surface area contributed by atoms with Gasteiger partial charge in [-0.2, -0.15) is 5.10 Å². The van der Waals surface area contributed by atoms with Crippen LogP contribution in [0.3, 0.4) is 0 Å². The van der Waals surface area contributed by atoms with E-state index in [-0.39, 0.29) is 0 Å². The molecule has 0 radical (unpaired) electrons. The monoisotopic (exact) mass is 224 g/mol. The first-order chi connectivity index (χ1) is 5.86. The van der Waals surface area contributed by atoms with Gasteiger partial charge < -0.3 is 4.42 Å². The van der Waals surface area contributed by atoms with E-state index in [9.17, 15) is 0 Å². The summed E-state index contributed by atoms with van der Waals surface area (Å²) in [4.78, 5) is 0. The number of aromatic nitrogens is 2. The summed E-state index contributed by atoms with van der Waals surface area (Å²) < 4.78 is 5.98. The van der Waals surface area contributed by atoms with Gasteiger partial charge in [-0.25, -0.2) is 0 Å². The molecule has 12 heavy (non-hydrogen) atoms. The minimum absolute atomic E-state index is 0.697. The van der Waals surface area contributed by atoms with Gasteiger partial charge in [0.15, 0.2) is 10.4 Å². The summed E-state index contributed by atoms with van der Waals surface area (Å²) in [7, 11) is 0. The molecule has 2 aromatic rings. The molecule has 0 N–H and O–H groups in total. The number of furan rings is 1. The van der Waals surface area contributed by atoms with Crippen LogP contribution < -0.4 is 0 Å². The molecule has 0 amide bonds. The number of hydrogen-bond acceptors (Lipinski definition) is 3. The van der Waals surface area contributed by atoms with Crippen LogP contribution in [0.4, 0.5) is 0 Å². The van der Waals surface area contributed by atoms with Crippen molar-refractivity contribution in [2.24, 2.45) is 0 Å².